The third-order valence-electron chi connectivity index (χ3n) is 5.40. The maximum atomic E-state index is 13.2. The summed E-state index contributed by atoms with van der Waals surface area (Å²) in [5.74, 6) is -0.233. The number of carbonyl (C=O) groups excluding carboxylic acids is 1. The molecule has 7 nitrogen and oxygen atoms in total. The molecule has 1 aromatic carbocycles. The molecule has 0 unspecified atom stereocenters. The van der Waals surface area contributed by atoms with Crippen molar-refractivity contribution in [2.24, 2.45) is 0 Å². The predicted octanol–water partition coefficient (Wildman–Crippen LogP) is 1.45. The predicted molar refractivity (Wildman–Crippen MR) is 93.8 cm³/mol. The summed E-state index contributed by atoms with van der Waals surface area (Å²) < 4.78 is 5.31. The van der Waals surface area contributed by atoms with E-state index in [4.69, 9.17) is 4.74 Å². The summed E-state index contributed by atoms with van der Waals surface area (Å²) in [4.78, 5) is 27.6. The summed E-state index contributed by atoms with van der Waals surface area (Å²) in [6, 6.07) is 5.98. The highest BCUT2D eigenvalue weighted by molar-refractivity contribution is 6.01. The SMILES string of the molecule is CO[C@H]1CN(C(=O)O)[C@](C)(C(=O)N(C)c2ccc3c(c2)CCNC3)C1. The van der Waals surface area contributed by atoms with E-state index in [0.717, 1.165) is 25.2 Å². The number of nitrogens with one attached hydrogen (secondary N) is 1. The number of rotatable bonds is 3. The maximum absolute atomic E-state index is 13.2. The summed E-state index contributed by atoms with van der Waals surface area (Å²) in [5.41, 5.74) is 2.14. The minimum atomic E-state index is -1.13. The second-order valence-corrected chi connectivity index (χ2v) is 6.97. The lowest BCUT2D eigenvalue weighted by Gasteiger charge is -2.35. The van der Waals surface area contributed by atoms with E-state index in [0.29, 0.717) is 6.42 Å². The molecule has 7 heteroatoms. The molecule has 136 valence electrons. The fourth-order valence-corrected chi connectivity index (χ4v) is 3.82. The fraction of sp³-hybridized carbons (Fsp3) is 0.556. The van der Waals surface area contributed by atoms with Crippen molar-refractivity contribution in [3.8, 4) is 0 Å². The molecule has 0 radical (unpaired) electrons. The Morgan fingerprint density at radius 1 is 1.40 bits per heavy atom. The van der Waals surface area contributed by atoms with Crippen molar-refractivity contribution < 1.29 is 19.4 Å². The van der Waals surface area contributed by atoms with Gasteiger partial charge in [-0.15, -0.1) is 0 Å². The lowest BCUT2D eigenvalue weighted by Crippen LogP contribution is -2.55. The molecule has 0 aromatic heterocycles. The largest absolute Gasteiger partial charge is 0.465 e. The van der Waals surface area contributed by atoms with Gasteiger partial charge in [-0.2, -0.15) is 0 Å². The van der Waals surface area contributed by atoms with E-state index in [1.807, 2.05) is 18.2 Å². The number of anilines is 1. The molecule has 2 amide bonds. The number of amides is 2. The summed E-state index contributed by atoms with van der Waals surface area (Å²) in [6.07, 6.45) is -0.0862. The minimum Gasteiger partial charge on any atom is -0.465 e. The Labute approximate surface area is 147 Å². The Kier molecular flexibility index (Phi) is 4.71. The number of hydrogen-bond donors (Lipinski definition) is 2. The van der Waals surface area contributed by atoms with Crippen molar-refractivity contribution in [2.45, 2.75) is 38.0 Å². The zero-order valence-corrected chi connectivity index (χ0v) is 14.9. The monoisotopic (exact) mass is 347 g/mol. The van der Waals surface area contributed by atoms with E-state index in [2.05, 4.69) is 5.32 Å². The van der Waals surface area contributed by atoms with Crippen molar-refractivity contribution >= 4 is 17.7 Å². The Morgan fingerprint density at radius 2 is 2.16 bits per heavy atom. The molecule has 2 atom stereocenters. The van der Waals surface area contributed by atoms with Gasteiger partial charge in [0, 0.05) is 32.8 Å². The summed E-state index contributed by atoms with van der Waals surface area (Å²) in [6.45, 7) is 3.65. The van der Waals surface area contributed by atoms with E-state index in [9.17, 15) is 14.7 Å². The molecule has 2 aliphatic rings. The van der Waals surface area contributed by atoms with Crippen LogP contribution in [0.4, 0.5) is 10.5 Å². The van der Waals surface area contributed by atoms with Gasteiger partial charge in [0.1, 0.15) is 5.54 Å². The maximum Gasteiger partial charge on any atom is 0.408 e. The standard InChI is InChI=1S/C18H25N3O4/c1-18(9-15(25-3)11-21(18)17(23)24)16(22)20(2)14-5-4-13-10-19-7-6-12(13)8-14/h4-5,8,15,19H,6-7,9-11H2,1-3H3,(H,23,24)/t15-,18+/m1/s1. The van der Waals surface area contributed by atoms with Gasteiger partial charge in [0.05, 0.1) is 12.6 Å². The number of carboxylic acid groups (broad SMARTS) is 1. The van der Waals surface area contributed by atoms with Gasteiger partial charge >= 0.3 is 6.09 Å². The van der Waals surface area contributed by atoms with E-state index in [1.165, 1.54) is 16.0 Å². The van der Waals surface area contributed by atoms with Gasteiger partial charge in [0.15, 0.2) is 0 Å². The van der Waals surface area contributed by atoms with Crippen LogP contribution in [0.5, 0.6) is 0 Å². The highest BCUT2D eigenvalue weighted by atomic mass is 16.5. The van der Waals surface area contributed by atoms with Gasteiger partial charge in [-0.05, 0) is 43.1 Å². The van der Waals surface area contributed by atoms with Gasteiger partial charge in [0.2, 0.25) is 0 Å². The molecule has 2 heterocycles. The van der Waals surface area contributed by atoms with Crippen LogP contribution in [-0.4, -0.2) is 60.9 Å². The van der Waals surface area contributed by atoms with E-state index in [-0.39, 0.29) is 18.6 Å². The van der Waals surface area contributed by atoms with Crippen LogP contribution in [0.15, 0.2) is 18.2 Å². The van der Waals surface area contributed by atoms with Gasteiger partial charge in [-0.25, -0.2) is 4.79 Å². The van der Waals surface area contributed by atoms with Crippen LogP contribution in [0.3, 0.4) is 0 Å². The Balaban J connectivity index is 1.87. The molecular weight excluding hydrogens is 322 g/mol. The summed E-state index contributed by atoms with van der Waals surface area (Å²) in [5, 5.41) is 12.8. The van der Waals surface area contributed by atoms with Crippen LogP contribution in [-0.2, 0) is 22.5 Å². The fourth-order valence-electron chi connectivity index (χ4n) is 3.82. The normalized spacial score (nSPS) is 25.6. The Morgan fingerprint density at radius 3 is 2.84 bits per heavy atom. The molecule has 1 aromatic rings. The van der Waals surface area contributed by atoms with Crippen molar-refractivity contribution in [1.29, 1.82) is 0 Å². The molecule has 2 N–H and O–H groups in total. The number of fused-ring (bicyclic) bond motifs is 1. The molecule has 1 saturated heterocycles. The smallest absolute Gasteiger partial charge is 0.408 e. The molecule has 2 aliphatic heterocycles. The lowest BCUT2D eigenvalue weighted by molar-refractivity contribution is -0.127. The third kappa shape index (κ3) is 3.09. The van der Waals surface area contributed by atoms with Gasteiger partial charge < -0.3 is 20.1 Å². The number of ether oxygens (including phenoxy) is 1. The van der Waals surface area contributed by atoms with Crippen molar-refractivity contribution in [3.63, 3.8) is 0 Å². The third-order valence-corrected chi connectivity index (χ3v) is 5.40. The van der Waals surface area contributed by atoms with Crippen LogP contribution < -0.4 is 10.2 Å². The van der Waals surface area contributed by atoms with Crippen LogP contribution in [0.2, 0.25) is 0 Å². The molecule has 0 bridgehead atoms. The zero-order chi connectivity index (χ0) is 18.2. The quantitative estimate of drug-likeness (QED) is 0.865. The molecule has 0 spiro atoms. The molecule has 25 heavy (non-hydrogen) atoms. The van der Waals surface area contributed by atoms with Gasteiger partial charge in [-0.3, -0.25) is 9.69 Å². The van der Waals surface area contributed by atoms with Crippen molar-refractivity contribution in [3.05, 3.63) is 29.3 Å². The second kappa shape index (κ2) is 6.65. The van der Waals surface area contributed by atoms with Gasteiger partial charge in [0.25, 0.3) is 5.91 Å². The van der Waals surface area contributed by atoms with Crippen LogP contribution in [0, 0.1) is 0 Å². The molecule has 0 saturated carbocycles. The van der Waals surface area contributed by atoms with Crippen LogP contribution in [0.1, 0.15) is 24.5 Å². The Hall–Kier alpha value is -2.12. The van der Waals surface area contributed by atoms with Gasteiger partial charge in [-0.1, -0.05) is 6.07 Å². The van der Waals surface area contributed by atoms with Crippen molar-refractivity contribution in [2.75, 3.05) is 32.1 Å². The summed E-state index contributed by atoms with van der Waals surface area (Å²) >= 11 is 0. The van der Waals surface area contributed by atoms with E-state index in [1.54, 1.807) is 26.0 Å². The second-order valence-electron chi connectivity index (χ2n) is 6.97. The molecule has 0 aliphatic carbocycles. The van der Waals surface area contributed by atoms with E-state index >= 15 is 0 Å². The first kappa shape index (κ1) is 17.7. The lowest BCUT2D eigenvalue weighted by atomic mass is 9.95. The highest BCUT2D eigenvalue weighted by Crippen LogP contribution is 2.34. The number of carbonyl (C=O) groups is 2. The van der Waals surface area contributed by atoms with Crippen molar-refractivity contribution in [1.82, 2.24) is 10.2 Å². The average Bonchev–Trinajstić information content (AvgIpc) is 2.98. The van der Waals surface area contributed by atoms with Crippen LogP contribution in [0.25, 0.3) is 0 Å². The summed E-state index contributed by atoms with van der Waals surface area (Å²) in [7, 11) is 3.25. The number of benzene rings is 1. The number of methoxy groups -OCH3 is 1. The minimum absolute atomic E-state index is 0.206. The van der Waals surface area contributed by atoms with E-state index < -0.39 is 11.6 Å². The average molecular weight is 347 g/mol. The molecule has 3 rings (SSSR count). The number of hydrogen-bond acceptors (Lipinski definition) is 4. The van der Waals surface area contributed by atoms with Crippen LogP contribution >= 0.6 is 0 Å². The highest BCUT2D eigenvalue weighted by Gasteiger charge is 2.51. The first-order chi connectivity index (χ1) is 11.9. The first-order valence-corrected chi connectivity index (χ1v) is 8.51. The topological polar surface area (TPSA) is 82.1 Å². The number of nitrogens with zero attached hydrogens (tertiary/aromatic N) is 2. The molecular formula is C18H25N3O4. The first-order valence-electron chi connectivity index (χ1n) is 8.51. The zero-order valence-electron chi connectivity index (χ0n) is 14.9. The Bertz CT molecular complexity index is 693. The number of likely N-dealkylation sites (tertiary alicyclic amines) is 1. The number of likely N-dealkylation sites (N-methyl/N-ethyl adjacent to an activating group) is 1. The molecule has 1 fully saturated rings.